The molecule has 1 unspecified atom stereocenters. The van der Waals surface area contributed by atoms with Crippen molar-refractivity contribution in [1.29, 1.82) is 0 Å². The van der Waals surface area contributed by atoms with Crippen molar-refractivity contribution in [1.82, 2.24) is 15.1 Å². The van der Waals surface area contributed by atoms with Crippen molar-refractivity contribution in [3.8, 4) is 0 Å². The van der Waals surface area contributed by atoms with Crippen LogP contribution < -0.4 is 5.32 Å². The van der Waals surface area contributed by atoms with Crippen LogP contribution in [0.3, 0.4) is 0 Å². The lowest BCUT2D eigenvalue weighted by Crippen LogP contribution is -2.57. The molecule has 2 saturated heterocycles. The first-order valence-electron chi connectivity index (χ1n) is 8.12. The maximum Gasteiger partial charge on any atom is 0.253 e. The largest absolute Gasteiger partial charge is 0.337 e. The fourth-order valence-electron chi connectivity index (χ4n) is 3.31. The lowest BCUT2D eigenvalue weighted by Gasteiger charge is -2.41. The van der Waals surface area contributed by atoms with Crippen molar-refractivity contribution in [3.05, 3.63) is 34.3 Å². The molecule has 0 saturated carbocycles. The first kappa shape index (κ1) is 16.3. The highest BCUT2D eigenvalue weighted by atomic mass is 35.5. The number of hydrogen-bond acceptors (Lipinski definition) is 3. The van der Waals surface area contributed by atoms with Gasteiger partial charge in [-0.2, -0.15) is 0 Å². The summed E-state index contributed by atoms with van der Waals surface area (Å²) in [6.45, 7) is 5.21. The number of carbonyl (C=O) groups is 2. The predicted octanol–water partition coefficient (Wildman–Crippen LogP) is 1.68. The van der Waals surface area contributed by atoms with E-state index in [-0.39, 0.29) is 17.9 Å². The summed E-state index contributed by atoms with van der Waals surface area (Å²) in [6.07, 6.45) is 1.89. The number of amides is 2. The number of benzene rings is 1. The van der Waals surface area contributed by atoms with Gasteiger partial charge in [-0.1, -0.05) is 17.7 Å². The molecule has 5 nitrogen and oxygen atoms in total. The summed E-state index contributed by atoms with van der Waals surface area (Å²) in [5.74, 6) is 0.133. The summed E-state index contributed by atoms with van der Waals surface area (Å²) in [7, 11) is 0. The number of likely N-dealkylation sites (tertiary alicyclic amines) is 1. The van der Waals surface area contributed by atoms with E-state index in [0.717, 1.165) is 38.0 Å². The number of halogens is 1. The van der Waals surface area contributed by atoms with Gasteiger partial charge in [-0.3, -0.25) is 9.59 Å². The fraction of sp³-hybridized carbons (Fsp3) is 0.529. The highest BCUT2D eigenvalue weighted by molar-refractivity contribution is 6.31. The molecule has 0 aromatic heterocycles. The second kappa shape index (κ2) is 6.89. The number of nitrogens with zero attached hydrogens (tertiary/aromatic N) is 2. The van der Waals surface area contributed by atoms with Crippen LogP contribution in [0.4, 0.5) is 0 Å². The highest BCUT2D eigenvalue weighted by Gasteiger charge is 2.31. The van der Waals surface area contributed by atoms with Crippen molar-refractivity contribution >= 4 is 23.4 Å². The van der Waals surface area contributed by atoms with Gasteiger partial charge in [0.25, 0.3) is 5.91 Å². The molecule has 2 aliphatic rings. The summed E-state index contributed by atoms with van der Waals surface area (Å²) >= 11 is 6.14. The van der Waals surface area contributed by atoms with Gasteiger partial charge in [0.15, 0.2) is 0 Å². The maximum atomic E-state index is 12.7. The second-order valence-electron chi connectivity index (χ2n) is 6.28. The molecular weight excluding hydrogens is 314 g/mol. The Hall–Kier alpha value is -1.59. The lowest BCUT2D eigenvalue weighted by atomic mass is 10.0. The number of piperidine rings is 1. The molecule has 1 atom stereocenters. The van der Waals surface area contributed by atoms with Crippen LogP contribution in [0.2, 0.25) is 5.02 Å². The zero-order valence-electron chi connectivity index (χ0n) is 13.3. The molecule has 2 aliphatic heterocycles. The van der Waals surface area contributed by atoms with E-state index in [1.54, 1.807) is 6.07 Å². The van der Waals surface area contributed by atoms with E-state index in [9.17, 15) is 9.59 Å². The minimum atomic E-state index is -0.000756. The topological polar surface area (TPSA) is 52.7 Å². The lowest BCUT2D eigenvalue weighted by molar-refractivity contribution is -0.135. The standard InChI is InChI=1S/C17H22ClN3O2/c1-12-4-5-13(9-15(12)18)17(23)20-7-2-3-14(11-20)21-8-6-19-10-16(21)22/h4-5,9,14,19H,2-3,6-8,10-11H2,1H3. The van der Waals surface area contributed by atoms with Crippen LogP contribution in [-0.4, -0.2) is 60.4 Å². The number of nitrogens with one attached hydrogen (secondary N) is 1. The minimum Gasteiger partial charge on any atom is -0.337 e. The van der Waals surface area contributed by atoms with Crippen LogP contribution in [0.25, 0.3) is 0 Å². The summed E-state index contributed by atoms with van der Waals surface area (Å²) in [6, 6.07) is 5.56. The van der Waals surface area contributed by atoms with Crippen molar-refractivity contribution in [2.45, 2.75) is 25.8 Å². The third-order valence-electron chi connectivity index (χ3n) is 4.67. The van der Waals surface area contributed by atoms with Gasteiger partial charge < -0.3 is 15.1 Å². The molecule has 23 heavy (non-hydrogen) atoms. The number of aryl methyl sites for hydroxylation is 1. The summed E-state index contributed by atoms with van der Waals surface area (Å²) in [4.78, 5) is 28.6. The monoisotopic (exact) mass is 335 g/mol. The molecular formula is C17H22ClN3O2. The van der Waals surface area contributed by atoms with Gasteiger partial charge in [0.1, 0.15) is 0 Å². The second-order valence-corrected chi connectivity index (χ2v) is 6.68. The maximum absolute atomic E-state index is 12.7. The normalized spacial score (nSPS) is 22.3. The minimum absolute atomic E-state index is 0.000756. The van der Waals surface area contributed by atoms with Gasteiger partial charge in [0, 0.05) is 42.8 Å². The van der Waals surface area contributed by atoms with Crippen LogP contribution in [0.15, 0.2) is 18.2 Å². The van der Waals surface area contributed by atoms with Gasteiger partial charge in [0.2, 0.25) is 5.91 Å². The molecule has 3 rings (SSSR count). The van der Waals surface area contributed by atoms with Gasteiger partial charge in [-0.15, -0.1) is 0 Å². The Kier molecular flexibility index (Phi) is 4.87. The smallest absolute Gasteiger partial charge is 0.253 e. The molecule has 2 heterocycles. The number of hydrogen-bond donors (Lipinski definition) is 1. The van der Waals surface area contributed by atoms with Crippen LogP contribution in [0.5, 0.6) is 0 Å². The van der Waals surface area contributed by atoms with E-state index in [4.69, 9.17) is 11.6 Å². The Labute approximate surface area is 141 Å². The molecule has 2 fully saturated rings. The van der Waals surface area contributed by atoms with Crippen molar-refractivity contribution in [3.63, 3.8) is 0 Å². The Morgan fingerprint density at radius 2 is 2.17 bits per heavy atom. The average molecular weight is 336 g/mol. The predicted molar refractivity (Wildman–Crippen MR) is 89.7 cm³/mol. The van der Waals surface area contributed by atoms with Crippen molar-refractivity contribution < 1.29 is 9.59 Å². The molecule has 1 aromatic carbocycles. The molecule has 6 heteroatoms. The summed E-state index contributed by atoms with van der Waals surface area (Å²) in [5, 5.41) is 3.70. The van der Waals surface area contributed by atoms with Crippen LogP contribution >= 0.6 is 11.6 Å². The Bertz CT molecular complexity index is 620. The van der Waals surface area contributed by atoms with E-state index >= 15 is 0 Å². The molecule has 1 aromatic rings. The van der Waals surface area contributed by atoms with Crippen LogP contribution in [-0.2, 0) is 4.79 Å². The highest BCUT2D eigenvalue weighted by Crippen LogP contribution is 2.21. The molecule has 0 aliphatic carbocycles. The molecule has 0 radical (unpaired) electrons. The van der Waals surface area contributed by atoms with E-state index in [1.165, 1.54) is 0 Å². The third kappa shape index (κ3) is 3.51. The first-order chi connectivity index (χ1) is 11.1. The van der Waals surface area contributed by atoms with E-state index < -0.39 is 0 Å². The van der Waals surface area contributed by atoms with Gasteiger partial charge in [-0.05, 0) is 37.5 Å². The van der Waals surface area contributed by atoms with Crippen LogP contribution in [0.1, 0.15) is 28.8 Å². The van der Waals surface area contributed by atoms with Gasteiger partial charge >= 0.3 is 0 Å². The van der Waals surface area contributed by atoms with E-state index in [1.807, 2.05) is 28.9 Å². The molecule has 1 N–H and O–H groups in total. The zero-order valence-corrected chi connectivity index (χ0v) is 14.1. The summed E-state index contributed by atoms with van der Waals surface area (Å²) < 4.78 is 0. The number of carbonyl (C=O) groups excluding carboxylic acids is 2. The molecule has 0 bridgehead atoms. The Balaban J connectivity index is 1.71. The van der Waals surface area contributed by atoms with Crippen LogP contribution in [0, 0.1) is 6.92 Å². The quantitative estimate of drug-likeness (QED) is 0.894. The van der Waals surface area contributed by atoms with Gasteiger partial charge in [-0.25, -0.2) is 0 Å². The molecule has 0 spiro atoms. The van der Waals surface area contributed by atoms with E-state index in [0.29, 0.717) is 23.7 Å². The number of rotatable bonds is 2. The average Bonchev–Trinajstić information content (AvgIpc) is 2.57. The Morgan fingerprint density at radius 1 is 1.35 bits per heavy atom. The fourth-order valence-corrected chi connectivity index (χ4v) is 3.49. The van der Waals surface area contributed by atoms with E-state index in [2.05, 4.69) is 5.32 Å². The molecule has 2 amide bonds. The first-order valence-corrected chi connectivity index (χ1v) is 8.49. The van der Waals surface area contributed by atoms with Crippen molar-refractivity contribution in [2.24, 2.45) is 0 Å². The van der Waals surface area contributed by atoms with Crippen molar-refractivity contribution in [2.75, 3.05) is 32.7 Å². The SMILES string of the molecule is Cc1ccc(C(=O)N2CCCC(N3CCNCC3=O)C2)cc1Cl. The molecule has 124 valence electrons. The Morgan fingerprint density at radius 3 is 2.91 bits per heavy atom. The zero-order chi connectivity index (χ0) is 16.4. The summed E-state index contributed by atoms with van der Waals surface area (Å²) in [5.41, 5.74) is 1.58. The third-order valence-corrected chi connectivity index (χ3v) is 5.08. The van der Waals surface area contributed by atoms with Gasteiger partial charge in [0.05, 0.1) is 6.54 Å². The number of piperazine rings is 1.